The minimum atomic E-state index is -0.440. The summed E-state index contributed by atoms with van der Waals surface area (Å²) in [4.78, 5) is 17.0. The van der Waals surface area contributed by atoms with E-state index in [-0.39, 0.29) is 18.0 Å². The summed E-state index contributed by atoms with van der Waals surface area (Å²) in [5.41, 5.74) is 4.74. The van der Waals surface area contributed by atoms with Crippen LogP contribution in [0.4, 0.5) is 10.1 Å². The normalized spacial score (nSPS) is 11.2. The topological polar surface area (TPSA) is 59.3 Å². The van der Waals surface area contributed by atoms with Gasteiger partial charge in [-0.2, -0.15) is 5.10 Å². The quantitative estimate of drug-likeness (QED) is 0.592. The van der Waals surface area contributed by atoms with Crippen LogP contribution in [0.25, 0.3) is 16.6 Å². The van der Waals surface area contributed by atoms with Gasteiger partial charge >= 0.3 is 0 Å². The van der Waals surface area contributed by atoms with Crippen molar-refractivity contribution in [3.63, 3.8) is 0 Å². The van der Waals surface area contributed by atoms with Gasteiger partial charge in [0, 0.05) is 23.2 Å². The molecule has 136 valence electrons. The molecule has 2 aromatic carbocycles. The summed E-state index contributed by atoms with van der Waals surface area (Å²) in [7, 11) is 0. The Morgan fingerprint density at radius 3 is 2.67 bits per heavy atom. The van der Waals surface area contributed by atoms with Crippen LogP contribution in [0.15, 0.2) is 48.5 Å². The summed E-state index contributed by atoms with van der Waals surface area (Å²) in [5, 5.41) is 8.26. The van der Waals surface area contributed by atoms with E-state index in [0.29, 0.717) is 6.42 Å². The molecule has 0 aliphatic rings. The van der Waals surface area contributed by atoms with Gasteiger partial charge in [-0.1, -0.05) is 24.3 Å². The first-order valence-corrected chi connectivity index (χ1v) is 8.82. The molecular formula is C21H19FN4O. The van der Waals surface area contributed by atoms with Gasteiger partial charge in [0.2, 0.25) is 5.91 Å². The van der Waals surface area contributed by atoms with E-state index in [4.69, 9.17) is 4.98 Å². The first-order chi connectivity index (χ1) is 13.0. The summed E-state index contributed by atoms with van der Waals surface area (Å²) in [5.74, 6) is -0.672. The number of nitrogens with zero attached hydrogens (tertiary/aromatic N) is 3. The first-order valence-electron chi connectivity index (χ1n) is 8.82. The highest BCUT2D eigenvalue weighted by atomic mass is 19.1. The van der Waals surface area contributed by atoms with E-state index in [2.05, 4.69) is 10.4 Å². The number of rotatable bonds is 4. The Balaban J connectivity index is 1.59. The van der Waals surface area contributed by atoms with E-state index in [0.717, 1.165) is 33.5 Å². The second-order valence-corrected chi connectivity index (χ2v) is 6.54. The highest BCUT2D eigenvalue weighted by molar-refractivity contribution is 5.92. The lowest BCUT2D eigenvalue weighted by Crippen LogP contribution is -2.15. The van der Waals surface area contributed by atoms with Crippen molar-refractivity contribution in [3.05, 3.63) is 71.3 Å². The Morgan fingerprint density at radius 2 is 1.85 bits per heavy atom. The van der Waals surface area contributed by atoms with Crippen molar-refractivity contribution in [1.82, 2.24) is 14.6 Å². The zero-order valence-electron chi connectivity index (χ0n) is 15.2. The molecule has 4 rings (SSSR count). The summed E-state index contributed by atoms with van der Waals surface area (Å²) in [6, 6.07) is 14.0. The number of aromatic nitrogens is 3. The molecule has 4 aromatic rings. The Kier molecular flexibility index (Phi) is 4.32. The number of halogens is 1. The molecule has 1 amide bonds. The van der Waals surface area contributed by atoms with Crippen LogP contribution in [0.2, 0.25) is 0 Å². The smallest absolute Gasteiger partial charge is 0.224 e. The number of carbonyl (C=O) groups is 1. The zero-order chi connectivity index (χ0) is 19.0. The van der Waals surface area contributed by atoms with Crippen LogP contribution >= 0.6 is 0 Å². The number of amides is 1. The Bertz CT molecular complexity index is 1170. The average molecular weight is 362 g/mol. The van der Waals surface area contributed by atoms with Gasteiger partial charge in [0.05, 0.1) is 11.2 Å². The van der Waals surface area contributed by atoms with Crippen LogP contribution in [-0.2, 0) is 11.2 Å². The number of hydrogen-bond donors (Lipinski definition) is 1. The Hall–Kier alpha value is -3.28. The second kappa shape index (κ2) is 6.79. The molecule has 0 radical (unpaired) electrons. The van der Waals surface area contributed by atoms with Gasteiger partial charge in [-0.25, -0.2) is 13.9 Å². The SMILES string of the molecule is Cc1nc2c3ccccc3nn2c(C)c1CCC(=O)Nc1ccccc1F. The summed E-state index contributed by atoms with van der Waals surface area (Å²) >= 11 is 0. The molecule has 0 bridgehead atoms. The molecule has 5 nitrogen and oxygen atoms in total. The van der Waals surface area contributed by atoms with Gasteiger partial charge in [-0.05, 0) is 50.1 Å². The predicted octanol–water partition coefficient (Wildman–Crippen LogP) is 4.21. The van der Waals surface area contributed by atoms with Crippen LogP contribution in [-0.4, -0.2) is 20.5 Å². The van der Waals surface area contributed by atoms with Gasteiger partial charge in [0.1, 0.15) is 5.82 Å². The van der Waals surface area contributed by atoms with Gasteiger partial charge in [-0.3, -0.25) is 4.79 Å². The molecule has 2 heterocycles. The molecule has 0 atom stereocenters. The number of carbonyl (C=O) groups excluding carboxylic acids is 1. The van der Waals surface area contributed by atoms with Gasteiger partial charge < -0.3 is 5.32 Å². The standard InChI is InChI=1S/C21H19FN4O/c1-13-15(11-12-20(27)24-19-10-6-4-8-17(19)22)14(2)26-21(23-13)16-7-3-5-9-18(16)25-26/h3-10H,11-12H2,1-2H3,(H,24,27). The molecule has 0 spiro atoms. The van der Waals surface area contributed by atoms with E-state index in [1.807, 2.05) is 42.6 Å². The molecular weight excluding hydrogens is 343 g/mol. The van der Waals surface area contributed by atoms with Crippen LogP contribution in [0.1, 0.15) is 23.4 Å². The molecule has 1 N–H and O–H groups in total. The lowest BCUT2D eigenvalue weighted by atomic mass is 10.1. The maximum Gasteiger partial charge on any atom is 0.224 e. The second-order valence-electron chi connectivity index (χ2n) is 6.54. The fraction of sp³-hybridized carbons (Fsp3) is 0.190. The van der Waals surface area contributed by atoms with Gasteiger partial charge in [0.15, 0.2) is 5.65 Å². The maximum atomic E-state index is 13.7. The molecule has 0 fully saturated rings. The van der Waals surface area contributed by atoms with Crippen molar-refractivity contribution in [2.45, 2.75) is 26.7 Å². The molecule has 0 aliphatic heterocycles. The maximum absolute atomic E-state index is 13.7. The Labute approximate surface area is 155 Å². The predicted molar refractivity (Wildman–Crippen MR) is 103 cm³/mol. The minimum absolute atomic E-state index is 0.197. The number of anilines is 1. The van der Waals surface area contributed by atoms with Crippen molar-refractivity contribution < 1.29 is 9.18 Å². The van der Waals surface area contributed by atoms with Crippen LogP contribution in [0, 0.1) is 19.7 Å². The van der Waals surface area contributed by atoms with Gasteiger partial charge in [0.25, 0.3) is 0 Å². The Morgan fingerprint density at radius 1 is 1.11 bits per heavy atom. The van der Waals surface area contributed by atoms with Crippen molar-refractivity contribution in [3.8, 4) is 0 Å². The first kappa shape index (κ1) is 17.1. The van der Waals surface area contributed by atoms with E-state index < -0.39 is 5.82 Å². The third-order valence-corrected chi connectivity index (χ3v) is 4.77. The molecule has 6 heteroatoms. The third-order valence-electron chi connectivity index (χ3n) is 4.77. The highest BCUT2D eigenvalue weighted by Crippen LogP contribution is 2.23. The van der Waals surface area contributed by atoms with Crippen LogP contribution in [0.5, 0.6) is 0 Å². The molecule has 2 aromatic heterocycles. The molecule has 0 saturated heterocycles. The fourth-order valence-corrected chi connectivity index (χ4v) is 3.35. The minimum Gasteiger partial charge on any atom is -0.324 e. The lowest BCUT2D eigenvalue weighted by Gasteiger charge is -2.11. The average Bonchev–Trinajstić information content (AvgIpc) is 3.02. The van der Waals surface area contributed by atoms with E-state index in [9.17, 15) is 9.18 Å². The number of fused-ring (bicyclic) bond motifs is 3. The van der Waals surface area contributed by atoms with Crippen LogP contribution < -0.4 is 5.32 Å². The van der Waals surface area contributed by atoms with E-state index in [1.54, 1.807) is 18.2 Å². The van der Waals surface area contributed by atoms with E-state index in [1.165, 1.54) is 6.07 Å². The number of para-hydroxylation sites is 1. The summed E-state index contributed by atoms with van der Waals surface area (Å²) < 4.78 is 15.5. The van der Waals surface area contributed by atoms with E-state index >= 15 is 0 Å². The number of nitrogens with one attached hydrogen (secondary N) is 1. The van der Waals surface area contributed by atoms with Crippen molar-refractivity contribution >= 4 is 28.1 Å². The number of hydrogen-bond acceptors (Lipinski definition) is 3. The highest BCUT2D eigenvalue weighted by Gasteiger charge is 2.15. The van der Waals surface area contributed by atoms with Crippen molar-refractivity contribution in [2.24, 2.45) is 0 Å². The molecule has 27 heavy (non-hydrogen) atoms. The lowest BCUT2D eigenvalue weighted by molar-refractivity contribution is -0.116. The van der Waals surface area contributed by atoms with Crippen molar-refractivity contribution in [1.29, 1.82) is 0 Å². The van der Waals surface area contributed by atoms with Crippen LogP contribution in [0.3, 0.4) is 0 Å². The fourth-order valence-electron chi connectivity index (χ4n) is 3.35. The largest absolute Gasteiger partial charge is 0.324 e. The molecule has 0 aliphatic carbocycles. The summed E-state index contributed by atoms with van der Waals surface area (Å²) in [6.07, 6.45) is 0.751. The van der Waals surface area contributed by atoms with Gasteiger partial charge in [-0.15, -0.1) is 0 Å². The summed E-state index contributed by atoms with van der Waals surface area (Å²) in [6.45, 7) is 3.93. The monoisotopic (exact) mass is 362 g/mol. The number of benzene rings is 2. The molecule has 0 saturated carbocycles. The molecule has 0 unspecified atom stereocenters. The number of aryl methyl sites for hydroxylation is 2. The zero-order valence-corrected chi connectivity index (χ0v) is 15.2. The van der Waals surface area contributed by atoms with Crippen molar-refractivity contribution in [2.75, 3.05) is 5.32 Å². The third kappa shape index (κ3) is 3.14.